The molecule has 1 saturated heterocycles. The van der Waals surface area contributed by atoms with Crippen molar-refractivity contribution >= 4 is 5.97 Å². The molecule has 1 fully saturated rings. The molecule has 1 atom stereocenters. The molecular weight excluding hydrogens is 262 g/mol. The van der Waals surface area contributed by atoms with E-state index in [1.807, 2.05) is 20.8 Å². The van der Waals surface area contributed by atoms with Gasteiger partial charge in [-0.2, -0.15) is 0 Å². The first kappa shape index (κ1) is 16.0. The van der Waals surface area contributed by atoms with Crippen LogP contribution in [0.15, 0.2) is 18.2 Å². The molecule has 1 aromatic carbocycles. The van der Waals surface area contributed by atoms with E-state index in [4.69, 9.17) is 4.74 Å². The van der Waals surface area contributed by atoms with Crippen LogP contribution in [0.3, 0.4) is 0 Å². The SMILES string of the molecule is Cc1cc(C)cc(CN2CCC[C@H]2C(=O)OC(C)(C)C)c1. The molecule has 1 heterocycles. The quantitative estimate of drug-likeness (QED) is 0.796. The summed E-state index contributed by atoms with van der Waals surface area (Å²) in [5, 5.41) is 0. The molecule has 0 radical (unpaired) electrons. The Balaban J connectivity index is 2.06. The van der Waals surface area contributed by atoms with E-state index in [2.05, 4.69) is 36.9 Å². The number of esters is 1. The van der Waals surface area contributed by atoms with Crippen molar-refractivity contribution in [2.45, 2.75) is 65.6 Å². The summed E-state index contributed by atoms with van der Waals surface area (Å²) in [4.78, 5) is 14.6. The summed E-state index contributed by atoms with van der Waals surface area (Å²) in [7, 11) is 0. The number of nitrogens with zero attached hydrogens (tertiary/aromatic N) is 1. The number of rotatable bonds is 3. The largest absolute Gasteiger partial charge is 0.459 e. The van der Waals surface area contributed by atoms with Gasteiger partial charge in [-0.05, 0) is 59.6 Å². The van der Waals surface area contributed by atoms with Gasteiger partial charge < -0.3 is 4.74 Å². The average Bonchev–Trinajstić information content (AvgIpc) is 2.73. The van der Waals surface area contributed by atoms with Crippen LogP contribution in [-0.2, 0) is 16.1 Å². The Hall–Kier alpha value is -1.35. The standard InChI is InChI=1S/C18H27NO2/c1-13-9-14(2)11-15(10-13)12-19-8-6-7-16(19)17(20)21-18(3,4)5/h9-11,16H,6-8,12H2,1-5H3/t16-/m0/s1. The molecule has 1 aliphatic rings. The van der Waals surface area contributed by atoms with Crippen LogP contribution < -0.4 is 0 Å². The maximum Gasteiger partial charge on any atom is 0.323 e. The number of aryl methyl sites for hydroxylation is 2. The predicted molar refractivity (Wildman–Crippen MR) is 85.2 cm³/mol. The Morgan fingerprint density at radius 2 is 1.86 bits per heavy atom. The summed E-state index contributed by atoms with van der Waals surface area (Å²) in [5.74, 6) is -0.0793. The Morgan fingerprint density at radius 3 is 2.43 bits per heavy atom. The minimum absolute atomic E-state index is 0.0793. The van der Waals surface area contributed by atoms with Crippen molar-refractivity contribution in [1.82, 2.24) is 4.90 Å². The van der Waals surface area contributed by atoms with E-state index in [1.54, 1.807) is 0 Å². The van der Waals surface area contributed by atoms with Gasteiger partial charge in [0.1, 0.15) is 11.6 Å². The average molecular weight is 289 g/mol. The summed E-state index contributed by atoms with van der Waals surface area (Å²) >= 11 is 0. The number of carbonyl (C=O) groups is 1. The van der Waals surface area contributed by atoms with Crippen LogP contribution in [0.2, 0.25) is 0 Å². The Kier molecular flexibility index (Phi) is 4.72. The van der Waals surface area contributed by atoms with Crippen molar-refractivity contribution in [3.05, 3.63) is 34.9 Å². The Labute approximate surface area is 128 Å². The maximum absolute atomic E-state index is 12.3. The molecule has 0 saturated carbocycles. The molecule has 2 rings (SSSR count). The first-order chi connectivity index (χ1) is 9.74. The molecule has 0 aliphatic carbocycles. The normalized spacial score (nSPS) is 19.8. The molecule has 0 N–H and O–H groups in total. The van der Waals surface area contributed by atoms with Gasteiger partial charge in [-0.15, -0.1) is 0 Å². The molecule has 116 valence electrons. The summed E-state index contributed by atoms with van der Waals surface area (Å²) in [6.07, 6.45) is 1.97. The number of ether oxygens (including phenoxy) is 1. The van der Waals surface area contributed by atoms with Gasteiger partial charge in [0.25, 0.3) is 0 Å². The van der Waals surface area contributed by atoms with E-state index in [0.29, 0.717) is 0 Å². The highest BCUT2D eigenvalue weighted by molar-refractivity contribution is 5.76. The number of carbonyl (C=O) groups excluding carboxylic acids is 1. The van der Waals surface area contributed by atoms with Crippen LogP contribution in [0.1, 0.15) is 50.3 Å². The van der Waals surface area contributed by atoms with Crippen molar-refractivity contribution in [3.63, 3.8) is 0 Å². The molecule has 0 aromatic heterocycles. The highest BCUT2D eigenvalue weighted by atomic mass is 16.6. The van der Waals surface area contributed by atoms with Gasteiger partial charge in [-0.3, -0.25) is 9.69 Å². The first-order valence-corrected chi connectivity index (χ1v) is 7.79. The second-order valence-electron chi connectivity index (χ2n) is 7.16. The van der Waals surface area contributed by atoms with Gasteiger partial charge in [0, 0.05) is 6.54 Å². The third kappa shape index (κ3) is 4.57. The van der Waals surface area contributed by atoms with Gasteiger partial charge in [-0.1, -0.05) is 29.3 Å². The molecule has 0 bridgehead atoms. The fourth-order valence-corrected chi connectivity index (χ4v) is 3.05. The zero-order valence-electron chi connectivity index (χ0n) is 13.9. The van der Waals surface area contributed by atoms with Crippen LogP contribution >= 0.6 is 0 Å². The topological polar surface area (TPSA) is 29.5 Å². The molecule has 21 heavy (non-hydrogen) atoms. The minimum Gasteiger partial charge on any atom is -0.459 e. The lowest BCUT2D eigenvalue weighted by atomic mass is 10.1. The molecule has 3 nitrogen and oxygen atoms in total. The number of likely N-dealkylation sites (tertiary alicyclic amines) is 1. The predicted octanol–water partition coefficient (Wildman–Crippen LogP) is 3.61. The van der Waals surface area contributed by atoms with Gasteiger partial charge >= 0.3 is 5.97 Å². The van der Waals surface area contributed by atoms with Crippen molar-refractivity contribution in [2.75, 3.05) is 6.54 Å². The lowest BCUT2D eigenvalue weighted by Crippen LogP contribution is -2.40. The van der Waals surface area contributed by atoms with Gasteiger partial charge in [0.05, 0.1) is 0 Å². The third-order valence-corrected chi connectivity index (χ3v) is 3.71. The van der Waals surface area contributed by atoms with E-state index in [1.165, 1.54) is 16.7 Å². The van der Waals surface area contributed by atoms with Crippen molar-refractivity contribution in [3.8, 4) is 0 Å². The minimum atomic E-state index is -0.411. The van der Waals surface area contributed by atoms with Crippen LogP contribution in [0, 0.1) is 13.8 Å². The molecule has 3 heteroatoms. The van der Waals surface area contributed by atoms with Crippen LogP contribution in [0.25, 0.3) is 0 Å². The van der Waals surface area contributed by atoms with Crippen molar-refractivity contribution in [1.29, 1.82) is 0 Å². The van der Waals surface area contributed by atoms with E-state index in [9.17, 15) is 4.79 Å². The molecular formula is C18H27NO2. The highest BCUT2D eigenvalue weighted by Gasteiger charge is 2.33. The Morgan fingerprint density at radius 1 is 1.24 bits per heavy atom. The van der Waals surface area contributed by atoms with Gasteiger partial charge in [0.15, 0.2) is 0 Å². The smallest absolute Gasteiger partial charge is 0.323 e. The zero-order valence-corrected chi connectivity index (χ0v) is 13.9. The summed E-state index contributed by atoms with van der Waals surface area (Å²) in [5.41, 5.74) is 3.42. The fraction of sp³-hybridized carbons (Fsp3) is 0.611. The lowest BCUT2D eigenvalue weighted by molar-refractivity contribution is -0.160. The summed E-state index contributed by atoms with van der Waals surface area (Å²) in [6.45, 7) is 11.8. The Bertz CT molecular complexity index is 496. The van der Waals surface area contributed by atoms with E-state index >= 15 is 0 Å². The summed E-state index contributed by atoms with van der Waals surface area (Å²) < 4.78 is 5.56. The first-order valence-electron chi connectivity index (χ1n) is 7.79. The highest BCUT2D eigenvalue weighted by Crippen LogP contribution is 2.23. The number of hydrogen-bond donors (Lipinski definition) is 0. The van der Waals surface area contributed by atoms with Crippen LogP contribution in [0.4, 0.5) is 0 Å². The van der Waals surface area contributed by atoms with E-state index < -0.39 is 5.60 Å². The van der Waals surface area contributed by atoms with Gasteiger partial charge in [0.2, 0.25) is 0 Å². The van der Waals surface area contributed by atoms with Crippen molar-refractivity contribution < 1.29 is 9.53 Å². The fourth-order valence-electron chi connectivity index (χ4n) is 3.05. The molecule has 0 amide bonds. The van der Waals surface area contributed by atoms with Gasteiger partial charge in [-0.25, -0.2) is 0 Å². The monoisotopic (exact) mass is 289 g/mol. The molecule has 1 aromatic rings. The van der Waals surface area contributed by atoms with Crippen LogP contribution in [-0.4, -0.2) is 29.1 Å². The second kappa shape index (κ2) is 6.18. The van der Waals surface area contributed by atoms with Crippen LogP contribution in [0.5, 0.6) is 0 Å². The van der Waals surface area contributed by atoms with E-state index in [-0.39, 0.29) is 12.0 Å². The van der Waals surface area contributed by atoms with E-state index in [0.717, 1.165) is 25.9 Å². The summed E-state index contributed by atoms with van der Waals surface area (Å²) in [6, 6.07) is 6.50. The molecule has 1 aliphatic heterocycles. The number of hydrogen-bond acceptors (Lipinski definition) is 3. The third-order valence-electron chi connectivity index (χ3n) is 3.71. The molecule has 0 spiro atoms. The lowest BCUT2D eigenvalue weighted by Gasteiger charge is -2.27. The molecule has 0 unspecified atom stereocenters. The zero-order chi connectivity index (χ0) is 15.6. The maximum atomic E-state index is 12.3. The second-order valence-corrected chi connectivity index (χ2v) is 7.16. The van der Waals surface area contributed by atoms with Crippen molar-refractivity contribution in [2.24, 2.45) is 0 Å². The number of benzene rings is 1.